The topological polar surface area (TPSA) is 35.6 Å². The molecule has 2 aliphatic rings. The van der Waals surface area contributed by atoms with Gasteiger partial charge in [-0.3, -0.25) is 9.69 Å². The summed E-state index contributed by atoms with van der Waals surface area (Å²) in [5, 5.41) is 3.69. The van der Waals surface area contributed by atoms with Crippen molar-refractivity contribution in [1.82, 2.24) is 9.80 Å². The van der Waals surface area contributed by atoms with Crippen LogP contribution in [0.5, 0.6) is 0 Å². The van der Waals surface area contributed by atoms with Crippen molar-refractivity contribution in [3.63, 3.8) is 0 Å². The van der Waals surface area contributed by atoms with Gasteiger partial charge >= 0.3 is 0 Å². The van der Waals surface area contributed by atoms with Gasteiger partial charge in [-0.05, 0) is 44.0 Å². The Morgan fingerprint density at radius 1 is 1.29 bits per heavy atom. The molecule has 1 atom stereocenters. The van der Waals surface area contributed by atoms with Gasteiger partial charge in [-0.25, -0.2) is 0 Å². The molecule has 0 radical (unpaired) electrons. The number of carbonyl (C=O) groups is 1. The Kier molecular flexibility index (Phi) is 4.36. The van der Waals surface area contributed by atoms with Crippen LogP contribution in [0.15, 0.2) is 18.2 Å². The van der Waals surface area contributed by atoms with Crippen LogP contribution < -0.4 is 5.32 Å². The maximum Gasteiger partial charge on any atom is 0.256 e. The molecular formula is C16H22ClN3O. The van der Waals surface area contributed by atoms with Crippen molar-refractivity contribution in [1.29, 1.82) is 0 Å². The number of carbonyl (C=O) groups excluding carboxylic acids is 1. The van der Waals surface area contributed by atoms with Crippen LogP contribution in [0.3, 0.4) is 0 Å². The average Bonchev–Trinajstić information content (AvgIpc) is 2.83. The molecule has 0 aliphatic carbocycles. The lowest BCUT2D eigenvalue weighted by molar-refractivity contribution is 0.0744. The van der Waals surface area contributed by atoms with Crippen molar-refractivity contribution in [3.05, 3.63) is 28.8 Å². The highest BCUT2D eigenvalue weighted by Crippen LogP contribution is 2.25. The summed E-state index contributed by atoms with van der Waals surface area (Å²) in [7, 11) is 1.83. The number of nitrogens with one attached hydrogen (secondary N) is 1. The molecule has 5 heteroatoms. The minimum absolute atomic E-state index is 0.0931. The summed E-state index contributed by atoms with van der Waals surface area (Å²) in [6, 6.07) is 5.99. The van der Waals surface area contributed by atoms with E-state index in [1.807, 2.05) is 24.1 Å². The molecule has 0 aromatic heterocycles. The highest BCUT2D eigenvalue weighted by molar-refractivity contribution is 6.31. The van der Waals surface area contributed by atoms with Gasteiger partial charge in [0.15, 0.2) is 0 Å². The first-order valence-electron chi connectivity index (χ1n) is 7.69. The average molecular weight is 308 g/mol. The van der Waals surface area contributed by atoms with Crippen LogP contribution in [0, 0.1) is 0 Å². The highest BCUT2D eigenvalue weighted by Gasteiger charge is 2.31. The summed E-state index contributed by atoms with van der Waals surface area (Å²) in [6.45, 7) is 3.98. The Labute approximate surface area is 131 Å². The molecule has 1 unspecified atom stereocenters. The normalized spacial score (nSPS) is 22.8. The van der Waals surface area contributed by atoms with Crippen LogP contribution in [0.1, 0.15) is 29.6 Å². The number of anilines is 1. The smallest absolute Gasteiger partial charge is 0.256 e. The summed E-state index contributed by atoms with van der Waals surface area (Å²) >= 11 is 6.07. The molecule has 3 rings (SSSR count). The van der Waals surface area contributed by atoms with Crippen LogP contribution in [0.4, 0.5) is 5.69 Å². The van der Waals surface area contributed by atoms with Crippen LogP contribution in [-0.2, 0) is 0 Å². The van der Waals surface area contributed by atoms with E-state index in [0.717, 1.165) is 31.7 Å². The largest absolute Gasteiger partial charge is 0.387 e. The molecule has 1 aromatic carbocycles. The number of amides is 1. The third kappa shape index (κ3) is 3.01. The first-order chi connectivity index (χ1) is 10.2. The molecule has 2 fully saturated rings. The van der Waals surface area contributed by atoms with Gasteiger partial charge in [0, 0.05) is 43.4 Å². The van der Waals surface area contributed by atoms with Crippen molar-refractivity contribution in [3.8, 4) is 0 Å². The lowest BCUT2D eigenvalue weighted by Crippen LogP contribution is -2.39. The quantitative estimate of drug-likeness (QED) is 0.912. The molecule has 0 spiro atoms. The van der Waals surface area contributed by atoms with Crippen molar-refractivity contribution in [2.24, 2.45) is 0 Å². The second-order valence-electron chi connectivity index (χ2n) is 5.88. The molecule has 2 saturated heterocycles. The Balaban J connectivity index is 1.82. The first-order valence-corrected chi connectivity index (χ1v) is 8.07. The molecule has 21 heavy (non-hydrogen) atoms. The molecule has 0 saturated carbocycles. The Morgan fingerprint density at radius 3 is 2.90 bits per heavy atom. The van der Waals surface area contributed by atoms with E-state index in [0.29, 0.717) is 16.6 Å². The van der Waals surface area contributed by atoms with E-state index in [2.05, 4.69) is 10.2 Å². The number of rotatable bonds is 2. The molecule has 1 N–H and O–H groups in total. The van der Waals surface area contributed by atoms with Gasteiger partial charge in [-0.15, -0.1) is 0 Å². The Morgan fingerprint density at radius 2 is 2.10 bits per heavy atom. The van der Waals surface area contributed by atoms with E-state index in [1.54, 1.807) is 6.07 Å². The van der Waals surface area contributed by atoms with E-state index in [-0.39, 0.29) is 5.91 Å². The van der Waals surface area contributed by atoms with Gasteiger partial charge in [-0.2, -0.15) is 0 Å². The van der Waals surface area contributed by atoms with Crippen molar-refractivity contribution in [2.45, 2.75) is 25.3 Å². The summed E-state index contributed by atoms with van der Waals surface area (Å²) in [6.07, 6.45) is 3.52. The van der Waals surface area contributed by atoms with Gasteiger partial charge in [0.2, 0.25) is 0 Å². The third-order valence-electron chi connectivity index (χ3n) is 4.57. The van der Waals surface area contributed by atoms with Gasteiger partial charge in [0.05, 0.1) is 5.56 Å². The first kappa shape index (κ1) is 14.7. The van der Waals surface area contributed by atoms with E-state index in [1.165, 1.54) is 19.4 Å². The zero-order chi connectivity index (χ0) is 14.8. The monoisotopic (exact) mass is 307 g/mol. The number of nitrogens with zero attached hydrogens (tertiary/aromatic N) is 2. The molecule has 4 nitrogen and oxygen atoms in total. The second kappa shape index (κ2) is 6.24. The van der Waals surface area contributed by atoms with Crippen LogP contribution in [-0.4, -0.2) is 55.0 Å². The van der Waals surface area contributed by atoms with Crippen LogP contribution in [0.25, 0.3) is 0 Å². The van der Waals surface area contributed by atoms with Crippen LogP contribution in [0.2, 0.25) is 5.02 Å². The van der Waals surface area contributed by atoms with Crippen molar-refractivity contribution < 1.29 is 4.79 Å². The lowest BCUT2D eigenvalue weighted by Gasteiger charge is -2.26. The number of hydrogen-bond donors (Lipinski definition) is 1. The van der Waals surface area contributed by atoms with E-state index >= 15 is 0 Å². The summed E-state index contributed by atoms with van der Waals surface area (Å²) in [5.41, 5.74) is 1.52. The molecule has 2 aliphatic heterocycles. The van der Waals surface area contributed by atoms with Gasteiger partial charge in [-0.1, -0.05) is 11.6 Å². The number of benzene rings is 1. The fraction of sp³-hybridized carbons (Fsp3) is 0.562. The predicted molar refractivity (Wildman–Crippen MR) is 86.1 cm³/mol. The summed E-state index contributed by atoms with van der Waals surface area (Å²) in [5.74, 6) is 0.0931. The number of hydrogen-bond acceptors (Lipinski definition) is 3. The zero-order valence-electron chi connectivity index (χ0n) is 12.4. The third-order valence-corrected chi connectivity index (χ3v) is 4.81. The molecule has 114 valence electrons. The lowest BCUT2D eigenvalue weighted by atomic mass is 10.1. The predicted octanol–water partition coefficient (Wildman–Crippen LogP) is 2.69. The van der Waals surface area contributed by atoms with Crippen LogP contribution >= 0.6 is 11.6 Å². The summed E-state index contributed by atoms with van der Waals surface area (Å²) < 4.78 is 0. The molecule has 0 bridgehead atoms. The Hall–Kier alpha value is -1.26. The summed E-state index contributed by atoms with van der Waals surface area (Å²) in [4.78, 5) is 17.4. The maximum absolute atomic E-state index is 12.9. The molecule has 1 aromatic rings. The van der Waals surface area contributed by atoms with E-state index in [9.17, 15) is 4.79 Å². The van der Waals surface area contributed by atoms with Gasteiger partial charge in [0.1, 0.15) is 0 Å². The fourth-order valence-electron chi connectivity index (χ4n) is 3.47. The van der Waals surface area contributed by atoms with Crippen molar-refractivity contribution in [2.75, 3.05) is 38.5 Å². The minimum atomic E-state index is 0.0931. The highest BCUT2D eigenvalue weighted by atomic mass is 35.5. The Bertz CT molecular complexity index is 534. The molecular weight excluding hydrogens is 286 g/mol. The number of fused-ring (bicyclic) bond motifs is 1. The fourth-order valence-corrected chi connectivity index (χ4v) is 3.64. The SMILES string of the molecule is CNc1ccc(Cl)cc1C(=O)N1CCCN2CCCC2C1. The zero-order valence-corrected chi connectivity index (χ0v) is 13.2. The maximum atomic E-state index is 12.9. The van der Waals surface area contributed by atoms with Crippen molar-refractivity contribution >= 4 is 23.2 Å². The second-order valence-corrected chi connectivity index (χ2v) is 6.31. The van der Waals surface area contributed by atoms with Gasteiger partial charge < -0.3 is 10.2 Å². The van der Waals surface area contributed by atoms with E-state index < -0.39 is 0 Å². The molecule has 1 amide bonds. The standard InChI is InChI=1S/C16H22ClN3O/c1-18-15-6-5-12(17)10-14(15)16(21)20-9-3-8-19-7-2-4-13(19)11-20/h5-6,10,13,18H,2-4,7-9,11H2,1H3. The van der Waals surface area contributed by atoms with Gasteiger partial charge in [0.25, 0.3) is 5.91 Å². The number of halogens is 1. The van der Waals surface area contributed by atoms with E-state index in [4.69, 9.17) is 11.6 Å². The minimum Gasteiger partial charge on any atom is -0.387 e. The molecule has 2 heterocycles.